The van der Waals surface area contributed by atoms with E-state index in [1.165, 1.54) is 6.07 Å². The first-order valence-corrected chi connectivity index (χ1v) is 10.3. The molecule has 29 heavy (non-hydrogen) atoms. The van der Waals surface area contributed by atoms with Gasteiger partial charge in [0.05, 0.1) is 25.9 Å². The zero-order valence-corrected chi connectivity index (χ0v) is 20.1. The van der Waals surface area contributed by atoms with Crippen molar-refractivity contribution in [3.63, 3.8) is 0 Å². The van der Waals surface area contributed by atoms with Crippen LogP contribution in [0.5, 0.6) is 0 Å². The minimum Gasteiger partial charge on any atom is -0.386 e. The highest BCUT2D eigenvalue weighted by Gasteiger charge is 2.22. The molecular formula is C21H36FIN4O2. The van der Waals surface area contributed by atoms with Crippen LogP contribution in [0.3, 0.4) is 0 Å². The van der Waals surface area contributed by atoms with Crippen LogP contribution in [0.1, 0.15) is 38.9 Å². The van der Waals surface area contributed by atoms with Gasteiger partial charge < -0.3 is 20.5 Å². The second-order valence-electron chi connectivity index (χ2n) is 7.57. The van der Waals surface area contributed by atoms with Crippen molar-refractivity contribution in [2.75, 3.05) is 45.9 Å². The van der Waals surface area contributed by atoms with Crippen molar-refractivity contribution in [1.82, 2.24) is 15.5 Å². The van der Waals surface area contributed by atoms with Gasteiger partial charge in [-0.1, -0.05) is 32.0 Å². The Kier molecular flexibility index (Phi) is 12.7. The van der Waals surface area contributed by atoms with Crippen molar-refractivity contribution in [1.29, 1.82) is 0 Å². The molecule has 0 amide bonds. The van der Waals surface area contributed by atoms with Crippen molar-refractivity contribution in [2.24, 2.45) is 10.9 Å². The molecule has 1 heterocycles. The summed E-state index contributed by atoms with van der Waals surface area (Å²) < 4.78 is 19.3. The molecular weight excluding hydrogens is 486 g/mol. The van der Waals surface area contributed by atoms with Crippen LogP contribution < -0.4 is 10.6 Å². The molecule has 1 aromatic carbocycles. The number of aliphatic hydroxyl groups is 1. The molecule has 166 valence electrons. The highest BCUT2D eigenvalue weighted by Crippen LogP contribution is 2.16. The minimum atomic E-state index is -0.934. The first-order valence-electron chi connectivity index (χ1n) is 10.3. The van der Waals surface area contributed by atoms with Crippen molar-refractivity contribution in [3.05, 3.63) is 35.6 Å². The quantitative estimate of drug-likeness (QED) is 0.265. The third-order valence-electron chi connectivity index (χ3n) is 4.84. The number of aliphatic hydroxyl groups excluding tert-OH is 1. The number of morpholine rings is 1. The van der Waals surface area contributed by atoms with E-state index in [2.05, 4.69) is 29.4 Å². The average molecular weight is 522 g/mol. The maximum absolute atomic E-state index is 13.8. The lowest BCUT2D eigenvalue weighted by Crippen LogP contribution is -2.46. The lowest BCUT2D eigenvalue weighted by molar-refractivity contribution is 0.0143. The van der Waals surface area contributed by atoms with E-state index in [1.807, 2.05) is 6.92 Å². The Bertz CT molecular complexity index is 612. The molecule has 0 aliphatic carbocycles. The molecule has 1 fully saturated rings. The zero-order chi connectivity index (χ0) is 20.4. The summed E-state index contributed by atoms with van der Waals surface area (Å²) >= 11 is 0. The maximum atomic E-state index is 13.8. The third-order valence-corrected chi connectivity index (χ3v) is 4.84. The molecule has 8 heteroatoms. The number of ether oxygens (including phenoxy) is 1. The van der Waals surface area contributed by atoms with E-state index in [9.17, 15) is 9.50 Å². The number of aliphatic imine (C=N–C) groups is 1. The van der Waals surface area contributed by atoms with Gasteiger partial charge in [0, 0.05) is 37.8 Å². The summed E-state index contributed by atoms with van der Waals surface area (Å²) in [4.78, 5) is 7.19. The van der Waals surface area contributed by atoms with E-state index in [0.717, 1.165) is 32.7 Å². The Morgan fingerprint density at radius 1 is 1.24 bits per heavy atom. The van der Waals surface area contributed by atoms with Crippen LogP contribution in [0.25, 0.3) is 0 Å². The predicted molar refractivity (Wildman–Crippen MR) is 126 cm³/mol. The molecule has 3 N–H and O–H groups in total. The third kappa shape index (κ3) is 9.15. The minimum absolute atomic E-state index is 0. The van der Waals surface area contributed by atoms with Gasteiger partial charge in [0.15, 0.2) is 5.96 Å². The van der Waals surface area contributed by atoms with E-state index in [4.69, 9.17) is 9.73 Å². The fourth-order valence-electron chi connectivity index (χ4n) is 3.41. The smallest absolute Gasteiger partial charge is 0.191 e. The molecule has 0 radical (unpaired) electrons. The SMILES string of the molecule is CCNC(=NCC(CC(C)C)N1CCOCC1)NCC(O)c1ccccc1F.I. The van der Waals surface area contributed by atoms with E-state index in [-0.39, 0.29) is 36.1 Å². The van der Waals surface area contributed by atoms with Gasteiger partial charge in [-0.15, -0.1) is 24.0 Å². The number of benzene rings is 1. The van der Waals surface area contributed by atoms with Gasteiger partial charge in [0.2, 0.25) is 0 Å². The summed E-state index contributed by atoms with van der Waals surface area (Å²) in [5, 5.41) is 16.7. The lowest BCUT2D eigenvalue weighted by atomic mass is 10.0. The fraction of sp³-hybridized carbons (Fsp3) is 0.667. The topological polar surface area (TPSA) is 69.1 Å². The monoisotopic (exact) mass is 522 g/mol. The van der Waals surface area contributed by atoms with Crippen molar-refractivity contribution >= 4 is 29.9 Å². The summed E-state index contributed by atoms with van der Waals surface area (Å²) in [6, 6.07) is 6.65. The number of nitrogens with one attached hydrogen (secondary N) is 2. The second-order valence-corrected chi connectivity index (χ2v) is 7.57. The highest BCUT2D eigenvalue weighted by molar-refractivity contribution is 14.0. The molecule has 0 spiro atoms. The van der Waals surface area contributed by atoms with Crippen LogP contribution in [0.2, 0.25) is 0 Å². The predicted octanol–water partition coefficient (Wildman–Crippen LogP) is 2.78. The van der Waals surface area contributed by atoms with Gasteiger partial charge in [-0.3, -0.25) is 9.89 Å². The van der Waals surface area contributed by atoms with Crippen molar-refractivity contribution in [3.8, 4) is 0 Å². The van der Waals surface area contributed by atoms with Crippen LogP contribution in [-0.2, 0) is 4.74 Å². The number of halogens is 2. The van der Waals surface area contributed by atoms with Crippen LogP contribution >= 0.6 is 24.0 Å². The molecule has 1 aliphatic rings. The molecule has 6 nitrogen and oxygen atoms in total. The maximum Gasteiger partial charge on any atom is 0.191 e. The van der Waals surface area contributed by atoms with E-state index >= 15 is 0 Å². The Balaban J connectivity index is 0.00000420. The standard InChI is InChI=1S/C21H35FN4O2.HI/c1-4-23-21(25-15-20(27)18-7-5-6-8-19(18)22)24-14-17(13-16(2)3)26-9-11-28-12-10-26;/h5-8,16-17,20,27H,4,9-15H2,1-3H3,(H2,23,24,25);1H. The number of rotatable bonds is 9. The Labute approximate surface area is 191 Å². The summed E-state index contributed by atoms with van der Waals surface area (Å²) in [6.45, 7) is 11.4. The lowest BCUT2D eigenvalue weighted by Gasteiger charge is -2.34. The summed E-state index contributed by atoms with van der Waals surface area (Å²) in [7, 11) is 0. The average Bonchev–Trinajstić information content (AvgIpc) is 2.69. The molecule has 0 aromatic heterocycles. The number of nitrogens with zero attached hydrogens (tertiary/aromatic N) is 2. The van der Waals surface area contributed by atoms with Gasteiger partial charge >= 0.3 is 0 Å². The van der Waals surface area contributed by atoms with Gasteiger partial charge in [-0.05, 0) is 25.3 Å². The molecule has 0 saturated carbocycles. The normalized spacial score (nSPS) is 17.5. The molecule has 1 aromatic rings. The number of hydrogen-bond donors (Lipinski definition) is 3. The number of hydrogen-bond acceptors (Lipinski definition) is 4. The van der Waals surface area contributed by atoms with Crippen molar-refractivity contribution in [2.45, 2.75) is 39.3 Å². The fourth-order valence-corrected chi connectivity index (χ4v) is 3.41. The number of guanidine groups is 1. The summed E-state index contributed by atoms with van der Waals surface area (Å²) in [5.74, 6) is 0.824. The highest BCUT2D eigenvalue weighted by atomic mass is 127. The van der Waals surface area contributed by atoms with E-state index in [1.54, 1.807) is 18.2 Å². The first-order chi connectivity index (χ1) is 13.5. The molecule has 1 aliphatic heterocycles. The van der Waals surface area contributed by atoms with Gasteiger partial charge in [0.25, 0.3) is 0 Å². The summed E-state index contributed by atoms with van der Waals surface area (Å²) in [6.07, 6.45) is 0.136. The van der Waals surface area contributed by atoms with Crippen LogP contribution in [0, 0.1) is 11.7 Å². The Hall–Kier alpha value is -0.970. The van der Waals surface area contributed by atoms with Crippen LogP contribution in [0.4, 0.5) is 4.39 Å². The van der Waals surface area contributed by atoms with Crippen LogP contribution in [0.15, 0.2) is 29.3 Å². The molecule has 2 atom stereocenters. The Morgan fingerprint density at radius 3 is 2.55 bits per heavy atom. The second kappa shape index (κ2) is 14.1. The molecule has 2 unspecified atom stereocenters. The van der Waals surface area contributed by atoms with E-state index < -0.39 is 11.9 Å². The first kappa shape index (κ1) is 26.1. The van der Waals surface area contributed by atoms with Gasteiger partial charge in [-0.25, -0.2) is 4.39 Å². The molecule has 0 bridgehead atoms. The zero-order valence-electron chi connectivity index (χ0n) is 17.7. The largest absolute Gasteiger partial charge is 0.386 e. The molecule has 2 rings (SSSR count). The Morgan fingerprint density at radius 2 is 1.93 bits per heavy atom. The van der Waals surface area contributed by atoms with Crippen molar-refractivity contribution < 1.29 is 14.2 Å². The van der Waals surface area contributed by atoms with E-state index in [0.29, 0.717) is 31.0 Å². The summed E-state index contributed by atoms with van der Waals surface area (Å²) in [5.41, 5.74) is 0.289. The van der Waals surface area contributed by atoms with Crippen LogP contribution in [-0.4, -0.2) is 67.9 Å². The van der Waals surface area contributed by atoms with Gasteiger partial charge in [0.1, 0.15) is 5.82 Å². The van der Waals surface area contributed by atoms with Gasteiger partial charge in [-0.2, -0.15) is 0 Å². The molecule has 1 saturated heterocycles.